The van der Waals surface area contributed by atoms with Crippen LogP contribution in [-0.2, 0) is 0 Å². The van der Waals surface area contributed by atoms with Crippen LogP contribution in [0.15, 0.2) is 96.2 Å². The van der Waals surface area contributed by atoms with E-state index in [1.165, 1.54) is 11.1 Å². The lowest BCUT2D eigenvalue weighted by Crippen LogP contribution is -2.32. The van der Waals surface area contributed by atoms with Crippen LogP contribution < -0.4 is 0 Å². The van der Waals surface area contributed by atoms with Crippen molar-refractivity contribution in [1.82, 2.24) is 0 Å². The van der Waals surface area contributed by atoms with Crippen molar-refractivity contribution in [3.05, 3.63) is 96.2 Å². The molecule has 0 fully saturated rings. The molecule has 0 heteroatoms. The van der Waals surface area contributed by atoms with Crippen molar-refractivity contribution in [3.63, 3.8) is 0 Å². The van der Waals surface area contributed by atoms with Gasteiger partial charge in [0.1, 0.15) is 0 Å². The highest BCUT2D eigenvalue weighted by Gasteiger charge is 2.37. The lowest BCUT2D eigenvalue weighted by atomic mass is 9.62. The minimum Gasteiger partial charge on any atom is -0.0917 e. The quantitative estimate of drug-likeness (QED) is 0.0935. The Labute approximate surface area is 251 Å². The molecule has 0 rings (SSSR count). The maximum atomic E-state index is 2.44. The maximum Gasteiger partial charge on any atom is -0.00592 e. The molecule has 0 aliphatic heterocycles. The zero-order valence-corrected chi connectivity index (χ0v) is 28.1. The molecule has 0 spiro atoms. The molecule has 0 N–H and O–H groups in total. The lowest BCUT2D eigenvalue weighted by Gasteiger charge is -2.42. The van der Waals surface area contributed by atoms with Crippen LogP contribution in [0.4, 0.5) is 0 Å². The zero-order chi connectivity index (χ0) is 30.1. The molecule has 0 aliphatic carbocycles. The molecule has 0 saturated carbocycles. The summed E-state index contributed by atoms with van der Waals surface area (Å²) in [6, 6.07) is 0. The number of hydrogen-bond acceptors (Lipinski definition) is 0. The van der Waals surface area contributed by atoms with Crippen LogP contribution in [-0.4, -0.2) is 0 Å². The van der Waals surface area contributed by atoms with Gasteiger partial charge < -0.3 is 0 Å². The van der Waals surface area contributed by atoms with Gasteiger partial charge in [-0.05, 0) is 115 Å². The van der Waals surface area contributed by atoms with Gasteiger partial charge in [-0.1, -0.05) is 138 Å². The smallest absolute Gasteiger partial charge is 0.00592 e. The molecule has 0 amide bonds. The van der Waals surface area contributed by atoms with E-state index < -0.39 is 0 Å². The Kier molecular flexibility index (Phi) is 22.4. The first-order valence-corrected chi connectivity index (χ1v) is 16.3. The zero-order valence-electron chi connectivity index (χ0n) is 28.1. The molecule has 0 bridgehead atoms. The predicted octanol–water partition coefficient (Wildman–Crippen LogP) is 13.6. The summed E-state index contributed by atoms with van der Waals surface area (Å²) in [6.07, 6.45) is 46.3. The van der Waals surface area contributed by atoms with Gasteiger partial charge in [0.2, 0.25) is 0 Å². The van der Waals surface area contributed by atoms with Crippen LogP contribution in [0.5, 0.6) is 0 Å². The highest BCUT2D eigenvalue weighted by Crippen LogP contribution is 2.47. The van der Waals surface area contributed by atoms with Crippen LogP contribution in [0.2, 0.25) is 0 Å². The molecule has 40 heavy (non-hydrogen) atoms. The average Bonchev–Trinajstić information content (AvgIpc) is 2.91. The van der Waals surface area contributed by atoms with Gasteiger partial charge in [0.05, 0.1) is 0 Å². The summed E-state index contributed by atoms with van der Waals surface area (Å²) in [6.45, 7) is 20.9. The first kappa shape index (κ1) is 37.9. The van der Waals surface area contributed by atoms with Crippen molar-refractivity contribution in [2.24, 2.45) is 16.7 Å². The molecule has 0 aromatic heterocycles. The van der Waals surface area contributed by atoms with Crippen LogP contribution in [0.1, 0.15) is 139 Å². The summed E-state index contributed by atoms with van der Waals surface area (Å²) in [5.41, 5.74) is 3.35. The lowest BCUT2D eigenvalue weighted by molar-refractivity contribution is 0.211. The Bertz CT molecular complexity index is 858. The normalized spacial score (nSPS) is 14.8. The number of unbranched alkanes of at least 4 members (excludes halogenated alkanes) is 6. The molecule has 0 aliphatic rings. The summed E-state index contributed by atoms with van der Waals surface area (Å²) >= 11 is 0. The van der Waals surface area contributed by atoms with Crippen LogP contribution in [0.3, 0.4) is 0 Å². The molecule has 0 unspecified atom stereocenters. The molecule has 0 nitrogen and oxygen atoms in total. The molecular weight excluding hydrogens is 480 g/mol. The number of rotatable bonds is 22. The largest absolute Gasteiger partial charge is 0.0917 e. The Morgan fingerprint density at radius 2 is 0.750 bits per heavy atom. The van der Waals surface area contributed by atoms with Crippen molar-refractivity contribution >= 4 is 0 Å². The second-order valence-electron chi connectivity index (χ2n) is 12.6. The van der Waals surface area contributed by atoms with Gasteiger partial charge in [-0.25, -0.2) is 0 Å². The van der Waals surface area contributed by atoms with E-state index in [1.807, 2.05) is 0 Å². The van der Waals surface area contributed by atoms with E-state index in [0.717, 1.165) is 77.0 Å². The third-order valence-electron chi connectivity index (χ3n) is 8.61. The van der Waals surface area contributed by atoms with Crippen LogP contribution >= 0.6 is 0 Å². The van der Waals surface area contributed by atoms with Crippen molar-refractivity contribution in [1.29, 1.82) is 0 Å². The predicted molar refractivity (Wildman–Crippen MR) is 186 cm³/mol. The maximum absolute atomic E-state index is 2.44. The van der Waals surface area contributed by atoms with Crippen LogP contribution in [0.25, 0.3) is 0 Å². The molecule has 0 aromatic carbocycles. The summed E-state index contributed by atoms with van der Waals surface area (Å²) in [4.78, 5) is 0. The topological polar surface area (TPSA) is 0 Å². The third-order valence-corrected chi connectivity index (χ3v) is 8.61. The fourth-order valence-electron chi connectivity index (χ4n) is 4.50. The average molecular weight is 547 g/mol. The van der Waals surface area contributed by atoms with E-state index in [4.69, 9.17) is 0 Å². The highest BCUT2D eigenvalue weighted by molar-refractivity contribution is 5.24. The standard InChI is InChI=1S/C40H66/c1-10-11-12-13-14-15-16-17-18-19-20-21-22-23-24-25-26-27-28-29-30-31-32-33-34-35-39(6,7)40(8,9)38(5)37(4)36(2)3/h10-11,14-15,18-19,22-23,26-27,30-31,34-36H,12-13,16-17,20-21,24-25,28-29,32-33H2,1-9H3. The summed E-state index contributed by atoms with van der Waals surface area (Å²) in [7, 11) is 0. The van der Waals surface area contributed by atoms with Crippen molar-refractivity contribution in [3.8, 4) is 0 Å². The monoisotopic (exact) mass is 547 g/mol. The van der Waals surface area contributed by atoms with E-state index in [0.29, 0.717) is 5.92 Å². The SMILES string of the molecule is CC=CCCC=CCCC=CCCC=CCCC=CCCC=CCCC=CC(C)(C)C(C)(C)C(C)=C(C)C(C)C. The Hall–Kier alpha value is -2.08. The van der Waals surface area contributed by atoms with Gasteiger partial charge in [-0.15, -0.1) is 0 Å². The molecule has 0 saturated heterocycles. The van der Waals surface area contributed by atoms with Gasteiger partial charge in [0.25, 0.3) is 0 Å². The second-order valence-corrected chi connectivity index (χ2v) is 12.6. The van der Waals surface area contributed by atoms with E-state index in [1.54, 1.807) is 0 Å². The third kappa shape index (κ3) is 18.3. The van der Waals surface area contributed by atoms with E-state index in [2.05, 4.69) is 147 Å². The van der Waals surface area contributed by atoms with Gasteiger partial charge in [-0.2, -0.15) is 0 Å². The molecule has 226 valence electrons. The van der Waals surface area contributed by atoms with Crippen molar-refractivity contribution < 1.29 is 0 Å². The van der Waals surface area contributed by atoms with Crippen molar-refractivity contribution in [2.75, 3.05) is 0 Å². The number of hydrogen-bond donors (Lipinski definition) is 0. The Balaban J connectivity index is 3.93. The highest BCUT2D eigenvalue weighted by atomic mass is 14.4. The molecule has 0 radical (unpaired) electrons. The minimum absolute atomic E-state index is 0.136. The Morgan fingerprint density at radius 1 is 0.475 bits per heavy atom. The van der Waals surface area contributed by atoms with Crippen molar-refractivity contribution in [2.45, 2.75) is 139 Å². The van der Waals surface area contributed by atoms with Gasteiger partial charge in [0, 0.05) is 0 Å². The van der Waals surface area contributed by atoms with Gasteiger partial charge >= 0.3 is 0 Å². The molecule has 0 heterocycles. The number of allylic oxidation sites excluding steroid dienone is 16. The summed E-state index contributed by atoms with van der Waals surface area (Å²) in [5, 5.41) is 0. The fourth-order valence-corrected chi connectivity index (χ4v) is 4.50. The van der Waals surface area contributed by atoms with Crippen LogP contribution in [0, 0.1) is 16.7 Å². The molecule has 0 atom stereocenters. The van der Waals surface area contributed by atoms with E-state index in [-0.39, 0.29) is 10.8 Å². The second kappa shape index (κ2) is 23.6. The van der Waals surface area contributed by atoms with Gasteiger partial charge in [-0.3, -0.25) is 0 Å². The molecule has 0 aromatic rings. The molecular formula is C40H66. The summed E-state index contributed by atoms with van der Waals surface area (Å²) in [5.74, 6) is 0.611. The van der Waals surface area contributed by atoms with Gasteiger partial charge in [0.15, 0.2) is 0 Å². The first-order valence-electron chi connectivity index (χ1n) is 16.3. The fraction of sp³-hybridized carbons (Fsp3) is 0.600. The Morgan fingerprint density at radius 3 is 1.02 bits per heavy atom. The first-order chi connectivity index (χ1) is 19.1. The summed E-state index contributed by atoms with van der Waals surface area (Å²) < 4.78 is 0. The van der Waals surface area contributed by atoms with E-state index >= 15 is 0 Å². The van der Waals surface area contributed by atoms with E-state index in [9.17, 15) is 0 Å². The minimum atomic E-state index is 0.136.